The molecule has 0 aliphatic heterocycles. The highest BCUT2D eigenvalue weighted by Crippen LogP contribution is 2.44. The second-order valence-electron chi connectivity index (χ2n) is 4.19. The molecule has 1 aliphatic carbocycles. The number of phenolic OH excluding ortho intramolecular Hbond substituents is 2. The maximum atomic E-state index is 12.0. The van der Waals surface area contributed by atoms with E-state index in [0.717, 1.165) is 19.1 Å². The van der Waals surface area contributed by atoms with Crippen LogP contribution < -0.4 is 0 Å². The standard InChI is InChI=1S/C11H9ClO6/c1-10(12)8(15)6-4(13)2-3-5(14)7(6)9(16)11(10,17)18/h2-3,13-14,17-18H,1H3. The van der Waals surface area contributed by atoms with Crippen molar-refractivity contribution in [1.29, 1.82) is 0 Å². The minimum atomic E-state index is -3.16. The summed E-state index contributed by atoms with van der Waals surface area (Å²) >= 11 is 5.70. The molecular formula is C11H9ClO6. The van der Waals surface area contributed by atoms with Gasteiger partial charge in [-0.05, 0) is 19.1 Å². The second kappa shape index (κ2) is 3.44. The third-order valence-electron chi connectivity index (χ3n) is 3.01. The Morgan fingerprint density at radius 2 is 1.39 bits per heavy atom. The molecule has 6 nitrogen and oxygen atoms in total. The average molecular weight is 273 g/mol. The van der Waals surface area contributed by atoms with Crippen LogP contribution in [-0.4, -0.2) is 42.7 Å². The molecule has 1 atom stereocenters. The van der Waals surface area contributed by atoms with Gasteiger partial charge in [-0.25, -0.2) is 0 Å². The molecule has 2 rings (SSSR count). The molecule has 0 aromatic heterocycles. The molecule has 1 aliphatic rings. The largest absolute Gasteiger partial charge is 0.507 e. The van der Waals surface area contributed by atoms with Crippen LogP contribution in [0.3, 0.4) is 0 Å². The van der Waals surface area contributed by atoms with Crippen LogP contribution in [0.25, 0.3) is 0 Å². The second-order valence-corrected chi connectivity index (χ2v) is 4.94. The van der Waals surface area contributed by atoms with Gasteiger partial charge in [0.1, 0.15) is 11.5 Å². The number of aliphatic hydroxyl groups is 2. The van der Waals surface area contributed by atoms with Crippen molar-refractivity contribution in [3.63, 3.8) is 0 Å². The van der Waals surface area contributed by atoms with E-state index in [4.69, 9.17) is 11.6 Å². The number of ketones is 2. The Hall–Kier alpha value is -1.63. The lowest BCUT2D eigenvalue weighted by Crippen LogP contribution is -2.61. The Balaban J connectivity index is 2.89. The molecule has 4 N–H and O–H groups in total. The number of carbonyl (C=O) groups is 2. The lowest BCUT2D eigenvalue weighted by atomic mass is 9.76. The molecule has 7 heteroatoms. The minimum Gasteiger partial charge on any atom is -0.507 e. The number of benzene rings is 1. The Bertz CT molecular complexity index is 524. The topological polar surface area (TPSA) is 115 Å². The van der Waals surface area contributed by atoms with Crippen molar-refractivity contribution in [1.82, 2.24) is 0 Å². The molecule has 0 bridgehead atoms. The lowest BCUT2D eigenvalue weighted by Gasteiger charge is -2.38. The van der Waals surface area contributed by atoms with Crippen LogP contribution in [0.2, 0.25) is 0 Å². The lowest BCUT2D eigenvalue weighted by molar-refractivity contribution is -0.137. The molecule has 0 fully saturated rings. The predicted octanol–water partition coefficient (Wildman–Crippen LogP) is 0.155. The molecule has 0 radical (unpaired) electrons. The third kappa shape index (κ3) is 1.30. The Kier molecular flexibility index (Phi) is 2.45. The minimum absolute atomic E-state index is 0.517. The van der Waals surface area contributed by atoms with Gasteiger partial charge in [0.25, 0.3) is 5.79 Å². The zero-order valence-corrected chi connectivity index (χ0v) is 9.89. The summed E-state index contributed by atoms with van der Waals surface area (Å²) in [4.78, 5) is 21.5. The van der Waals surface area contributed by atoms with Crippen molar-refractivity contribution in [3.8, 4) is 11.5 Å². The summed E-state index contributed by atoms with van der Waals surface area (Å²) in [7, 11) is 0. The van der Waals surface area contributed by atoms with E-state index in [1.165, 1.54) is 0 Å². The van der Waals surface area contributed by atoms with E-state index in [2.05, 4.69) is 0 Å². The summed E-state index contributed by atoms with van der Waals surface area (Å²) in [6.45, 7) is 0.946. The van der Waals surface area contributed by atoms with E-state index in [9.17, 15) is 30.0 Å². The first kappa shape index (κ1) is 12.8. The number of phenols is 2. The van der Waals surface area contributed by atoms with Gasteiger partial charge in [-0.2, -0.15) is 0 Å². The van der Waals surface area contributed by atoms with Gasteiger partial charge < -0.3 is 20.4 Å². The number of halogens is 1. The molecule has 1 aromatic carbocycles. The quantitative estimate of drug-likeness (QED) is 0.304. The SMILES string of the molecule is CC1(Cl)C(=O)c2c(O)ccc(O)c2C(=O)C1(O)O. The van der Waals surface area contributed by atoms with Crippen LogP contribution in [-0.2, 0) is 0 Å². The molecule has 0 saturated heterocycles. The summed E-state index contributed by atoms with van der Waals surface area (Å²) in [6, 6.07) is 1.97. The molecule has 0 saturated carbocycles. The number of hydrogen-bond donors (Lipinski definition) is 4. The predicted molar refractivity (Wildman–Crippen MR) is 59.9 cm³/mol. The van der Waals surface area contributed by atoms with E-state index in [1.54, 1.807) is 0 Å². The smallest absolute Gasteiger partial charge is 0.256 e. The fourth-order valence-electron chi connectivity index (χ4n) is 1.82. The summed E-state index contributed by atoms with van der Waals surface area (Å²) in [6.07, 6.45) is 0. The van der Waals surface area contributed by atoms with Crippen molar-refractivity contribution < 1.29 is 30.0 Å². The van der Waals surface area contributed by atoms with Crippen LogP contribution in [0.5, 0.6) is 11.5 Å². The summed E-state index contributed by atoms with van der Waals surface area (Å²) in [5, 5.41) is 38.4. The highest BCUT2D eigenvalue weighted by molar-refractivity contribution is 6.44. The van der Waals surface area contributed by atoms with Crippen molar-refractivity contribution in [2.75, 3.05) is 0 Å². The first-order chi connectivity index (χ1) is 8.12. The van der Waals surface area contributed by atoms with E-state index in [-0.39, 0.29) is 0 Å². The van der Waals surface area contributed by atoms with Crippen molar-refractivity contribution in [2.24, 2.45) is 0 Å². The van der Waals surface area contributed by atoms with E-state index < -0.39 is 44.9 Å². The number of rotatable bonds is 0. The molecule has 96 valence electrons. The maximum Gasteiger partial charge on any atom is 0.256 e. The first-order valence-electron chi connectivity index (χ1n) is 4.90. The summed E-state index contributed by atoms with van der Waals surface area (Å²) < 4.78 is 0. The zero-order valence-electron chi connectivity index (χ0n) is 9.14. The van der Waals surface area contributed by atoms with Crippen LogP contribution in [0.4, 0.5) is 0 Å². The van der Waals surface area contributed by atoms with Gasteiger partial charge in [0.05, 0.1) is 11.1 Å². The first-order valence-corrected chi connectivity index (χ1v) is 5.28. The van der Waals surface area contributed by atoms with Gasteiger partial charge in [-0.15, -0.1) is 11.6 Å². The molecule has 1 aromatic rings. The monoisotopic (exact) mass is 272 g/mol. The van der Waals surface area contributed by atoms with Gasteiger partial charge in [0.15, 0.2) is 10.7 Å². The number of aromatic hydroxyl groups is 2. The highest BCUT2D eigenvalue weighted by Gasteiger charge is 2.61. The van der Waals surface area contributed by atoms with Crippen molar-refractivity contribution in [2.45, 2.75) is 17.6 Å². The van der Waals surface area contributed by atoms with Crippen LogP contribution >= 0.6 is 11.6 Å². The Morgan fingerprint density at radius 3 is 1.83 bits per heavy atom. The van der Waals surface area contributed by atoms with E-state index in [0.29, 0.717) is 0 Å². The Labute approximate surface area is 106 Å². The molecule has 1 unspecified atom stereocenters. The molecule has 0 amide bonds. The number of fused-ring (bicyclic) bond motifs is 1. The van der Waals surface area contributed by atoms with Crippen molar-refractivity contribution >= 4 is 23.2 Å². The number of alkyl halides is 1. The number of carbonyl (C=O) groups excluding carboxylic acids is 2. The maximum absolute atomic E-state index is 12.0. The van der Waals surface area contributed by atoms with Crippen LogP contribution in [0.15, 0.2) is 12.1 Å². The molecule has 0 heterocycles. The number of hydrogen-bond acceptors (Lipinski definition) is 6. The van der Waals surface area contributed by atoms with Crippen LogP contribution in [0.1, 0.15) is 27.6 Å². The van der Waals surface area contributed by atoms with Gasteiger partial charge in [0.2, 0.25) is 5.78 Å². The Morgan fingerprint density at radius 1 is 1.00 bits per heavy atom. The molecule has 18 heavy (non-hydrogen) atoms. The normalized spacial score (nSPS) is 26.0. The fraction of sp³-hybridized carbons (Fsp3) is 0.273. The van der Waals surface area contributed by atoms with Gasteiger partial charge in [-0.3, -0.25) is 9.59 Å². The zero-order chi connectivity index (χ0) is 13.9. The molecular weight excluding hydrogens is 264 g/mol. The molecule has 0 spiro atoms. The van der Waals surface area contributed by atoms with Gasteiger partial charge >= 0.3 is 0 Å². The van der Waals surface area contributed by atoms with Gasteiger partial charge in [0, 0.05) is 0 Å². The average Bonchev–Trinajstić information content (AvgIpc) is 2.28. The highest BCUT2D eigenvalue weighted by atomic mass is 35.5. The van der Waals surface area contributed by atoms with E-state index >= 15 is 0 Å². The fourth-order valence-corrected chi connectivity index (χ4v) is 2.00. The third-order valence-corrected chi connectivity index (χ3v) is 3.45. The van der Waals surface area contributed by atoms with E-state index in [1.807, 2.05) is 0 Å². The van der Waals surface area contributed by atoms with Crippen molar-refractivity contribution in [3.05, 3.63) is 23.3 Å². The summed E-state index contributed by atoms with van der Waals surface area (Å²) in [5.74, 6) is -6.77. The van der Waals surface area contributed by atoms with Crippen LogP contribution in [0, 0.1) is 0 Å². The summed E-state index contributed by atoms with van der Waals surface area (Å²) in [5.41, 5.74) is -1.17. The number of Topliss-reactive ketones (excluding diaryl/α,β-unsaturated/α-hetero) is 2. The van der Waals surface area contributed by atoms with Gasteiger partial charge in [-0.1, -0.05) is 0 Å².